The van der Waals surface area contributed by atoms with Crippen LogP contribution in [0.4, 0.5) is 0 Å². The lowest BCUT2D eigenvalue weighted by Crippen LogP contribution is -2.31. The average molecular weight is 206 g/mol. The fourth-order valence-corrected chi connectivity index (χ4v) is 2.50. The standard InChI is InChI=1S/C7H14N2O3S/c1-5-3-9(13(2,11)12)4-6(5)7(8)10/h5-6H,3-4H2,1-2H3,(H2,8,10)/t5-,6-/m1/s1. The summed E-state index contributed by atoms with van der Waals surface area (Å²) in [5.41, 5.74) is 5.13. The van der Waals surface area contributed by atoms with E-state index in [-0.39, 0.29) is 18.4 Å². The van der Waals surface area contributed by atoms with E-state index in [1.54, 1.807) is 0 Å². The summed E-state index contributed by atoms with van der Waals surface area (Å²) in [6.07, 6.45) is 1.14. The summed E-state index contributed by atoms with van der Waals surface area (Å²) >= 11 is 0. The van der Waals surface area contributed by atoms with Crippen LogP contribution in [0.2, 0.25) is 0 Å². The van der Waals surface area contributed by atoms with Crippen molar-refractivity contribution in [1.82, 2.24) is 4.31 Å². The van der Waals surface area contributed by atoms with Gasteiger partial charge in [-0.15, -0.1) is 0 Å². The fourth-order valence-electron chi connectivity index (χ4n) is 1.56. The van der Waals surface area contributed by atoms with Crippen LogP contribution >= 0.6 is 0 Å². The molecule has 1 heterocycles. The predicted octanol–water partition coefficient (Wildman–Crippen LogP) is -1.00. The van der Waals surface area contributed by atoms with E-state index in [9.17, 15) is 13.2 Å². The molecule has 0 radical (unpaired) electrons. The van der Waals surface area contributed by atoms with Crippen molar-refractivity contribution in [2.45, 2.75) is 6.92 Å². The van der Waals surface area contributed by atoms with Crippen molar-refractivity contribution >= 4 is 15.9 Å². The molecule has 0 aromatic rings. The van der Waals surface area contributed by atoms with Gasteiger partial charge in [-0.05, 0) is 5.92 Å². The smallest absolute Gasteiger partial charge is 0.222 e. The monoisotopic (exact) mass is 206 g/mol. The first-order chi connectivity index (χ1) is 5.82. The highest BCUT2D eigenvalue weighted by Crippen LogP contribution is 2.24. The highest BCUT2D eigenvalue weighted by atomic mass is 32.2. The third-order valence-electron chi connectivity index (χ3n) is 2.41. The SMILES string of the molecule is C[C@@H]1CN(S(C)(=O)=O)C[C@H]1C(N)=O. The Morgan fingerprint density at radius 2 is 2.00 bits per heavy atom. The molecule has 1 aliphatic rings. The largest absolute Gasteiger partial charge is 0.369 e. The molecule has 1 fully saturated rings. The van der Waals surface area contributed by atoms with Crippen molar-refractivity contribution in [3.05, 3.63) is 0 Å². The maximum absolute atomic E-state index is 11.1. The second-order valence-corrected chi connectivity index (χ2v) is 5.55. The molecule has 0 aliphatic carbocycles. The number of hydrogen-bond donors (Lipinski definition) is 1. The Labute approximate surface area is 77.9 Å². The molecule has 2 atom stereocenters. The molecule has 0 spiro atoms. The minimum absolute atomic E-state index is 0.0206. The number of nitrogens with zero attached hydrogens (tertiary/aromatic N) is 1. The Morgan fingerprint density at radius 3 is 2.23 bits per heavy atom. The van der Waals surface area contributed by atoms with Crippen molar-refractivity contribution in [2.75, 3.05) is 19.3 Å². The molecular weight excluding hydrogens is 192 g/mol. The van der Waals surface area contributed by atoms with Gasteiger partial charge < -0.3 is 5.73 Å². The highest BCUT2D eigenvalue weighted by molar-refractivity contribution is 7.88. The molecule has 1 saturated heterocycles. The van der Waals surface area contributed by atoms with Crippen LogP contribution < -0.4 is 5.73 Å². The van der Waals surface area contributed by atoms with E-state index >= 15 is 0 Å². The Hall–Kier alpha value is -0.620. The van der Waals surface area contributed by atoms with Gasteiger partial charge in [0.15, 0.2) is 0 Å². The number of rotatable bonds is 2. The van der Waals surface area contributed by atoms with Gasteiger partial charge in [-0.2, -0.15) is 0 Å². The fraction of sp³-hybridized carbons (Fsp3) is 0.857. The Kier molecular flexibility index (Phi) is 2.63. The van der Waals surface area contributed by atoms with Crippen LogP contribution in [0.15, 0.2) is 0 Å². The molecule has 76 valence electrons. The predicted molar refractivity (Wildman–Crippen MR) is 48.3 cm³/mol. The van der Waals surface area contributed by atoms with E-state index in [0.717, 1.165) is 6.26 Å². The van der Waals surface area contributed by atoms with Crippen LogP contribution in [0.3, 0.4) is 0 Å². The molecule has 5 nitrogen and oxygen atoms in total. The molecule has 1 amide bonds. The Morgan fingerprint density at radius 1 is 1.46 bits per heavy atom. The van der Waals surface area contributed by atoms with E-state index in [1.807, 2.05) is 6.92 Å². The van der Waals surface area contributed by atoms with Crippen molar-refractivity contribution < 1.29 is 13.2 Å². The first-order valence-corrected chi connectivity index (χ1v) is 5.91. The first kappa shape index (κ1) is 10.5. The van der Waals surface area contributed by atoms with Crippen LogP contribution in [0.5, 0.6) is 0 Å². The molecule has 1 aliphatic heterocycles. The summed E-state index contributed by atoms with van der Waals surface area (Å²) in [6.45, 7) is 2.46. The zero-order valence-corrected chi connectivity index (χ0v) is 8.54. The van der Waals surface area contributed by atoms with Gasteiger partial charge in [0, 0.05) is 13.1 Å². The molecule has 6 heteroatoms. The summed E-state index contributed by atoms with van der Waals surface area (Å²) in [5, 5.41) is 0. The maximum atomic E-state index is 11.1. The second kappa shape index (κ2) is 3.26. The van der Waals surface area contributed by atoms with Crippen molar-refractivity contribution in [3.63, 3.8) is 0 Å². The van der Waals surface area contributed by atoms with Crippen LogP contribution in [-0.2, 0) is 14.8 Å². The zero-order chi connectivity index (χ0) is 10.2. The Bertz CT molecular complexity index is 312. The molecule has 13 heavy (non-hydrogen) atoms. The third kappa shape index (κ3) is 2.19. The lowest BCUT2D eigenvalue weighted by Gasteiger charge is -2.11. The number of amides is 1. The quantitative estimate of drug-likeness (QED) is 0.629. The van der Waals surface area contributed by atoms with Gasteiger partial charge in [0.1, 0.15) is 0 Å². The lowest BCUT2D eigenvalue weighted by atomic mass is 9.98. The van der Waals surface area contributed by atoms with Gasteiger partial charge in [0.05, 0.1) is 12.2 Å². The normalized spacial score (nSPS) is 30.6. The van der Waals surface area contributed by atoms with Gasteiger partial charge in [-0.3, -0.25) is 4.79 Å². The molecule has 0 aromatic carbocycles. The number of carbonyl (C=O) groups is 1. The minimum Gasteiger partial charge on any atom is -0.369 e. The molecule has 0 unspecified atom stereocenters. The summed E-state index contributed by atoms with van der Waals surface area (Å²) in [4.78, 5) is 10.9. The van der Waals surface area contributed by atoms with Crippen LogP contribution in [-0.4, -0.2) is 38.0 Å². The van der Waals surface area contributed by atoms with E-state index in [1.165, 1.54) is 4.31 Å². The summed E-state index contributed by atoms with van der Waals surface area (Å²) in [6, 6.07) is 0. The molecule has 1 rings (SSSR count). The van der Waals surface area contributed by atoms with E-state index < -0.39 is 15.9 Å². The van der Waals surface area contributed by atoms with Gasteiger partial charge in [-0.1, -0.05) is 6.92 Å². The third-order valence-corrected chi connectivity index (χ3v) is 3.65. The summed E-state index contributed by atoms with van der Waals surface area (Å²) < 4.78 is 23.5. The number of nitrogens with two attached hydrogens (primary N) is 1. The zero-order valence-electron chi connectivity index (χ0n) is 7.73. The van der Waals surface area contributed by atoms with E-state index in [4.69, 9.17) is 5.73 Å². The van der Waals surface area contributed by atoms with Crippen LogP contribution in [0.25, 0.3) is 0 Å². The number of hydrogen-bond acceptors (Lipinski definition) is 3. The van der Waals surface area contributed by atoms with Crippen molar-refractivity contribution in [2.24, 2.45) is 17.6 Å². The Balaban J connectivity index is 2.77. The van der Waals surface area contributed by atoms with E-state index in [0.29, 0.717) is 6.54 Å². The second-order valence-electron chi connectivity index (χ2n) is 3.57. The molecule has 0 bridgehead atoms. The average Bonchev–Trinajstić information content (AvgIpc) is 2.29. The number of primary amides is 1. The summed E-state index contributed by atoms with van der Waals surface area (Å²) in [7, 11) is -3.18. The van der Waals surface area contributed by atoms with Gasteiger partial charge >= 0.3 is 0 Å². The van der Waals surface area contributed by atoms with Crippen LogP contribution in [0.1, 0.15) is 6.92 Å². The van der Waals surface area contributed by atoms with E-state index in [2.05, 4.69) is 0 Å². The van der Waals surface area contributed by atoms with Crippen molar-refractivity contribution in [3.8, 4) is 0 Å². The highest BCUT2D eigenvalue weighted by Gasteiger charge is 2.37. The molecule has 0 aromatic heterocycles. The van der Waals surface area contributed by atoms with Crippen LogP contribution in [0, 0.1) is 11.8 Å². The molecular formula is C7H14N2O3S. The number of carbonyl (C=O) groups excluding carboxylic acids is 1. The lowest BCUT2D eigenvalue weighted by molar-refractivity contribution is -0.122. The maximum Gasteiger partial charge on any atom is 0.222 e. The topological polar surface area (TPSA) is 80.5 Å². The van der Waals surface area contributed by atoms with Gasteiger partial charge in [0.25, 0.3) is 0 Å². The van der Waals surface area contributed by atoms with Gasteiger partial charge in [0.2, 0.25) is 15.9 Å². The summed E-state index contributed by atoms with van der Waals surface area (Å²) in [5.74, 6) is -0.736. The van der Waals surface area contributed by atoms with Crippen molar-refractivity contribution in [1.29, 1.82) is 0 Å². The van der Waals surface area contributed by atoms with Gasteiger partial charge in [-0.25, -0.2) is 12.7 Å². The number of sulfonamides is 1. The molecule has 2 N–H and O–H groups in total. The first-order valence-electron chi connectivity index (χ1n) is 4.07. The minimum atomic E-state index is -3.18. The molecule has 0 saturated carbocycles.